The van der Waals surface area contributed by atoms with Crippen molar-refractivity contribution in [1.29, 1.82) is 0 Å². The van der Waals surface area contributed by atoms with Crippen LogP contribution in [0.25, 0.3) is 10.1 Å². The molecule has 3 saturated heterocycles. The van der Waals surface area contributed by atoms with Gasteiger partial charge in [-0.1, -0.05) is 26.8 Å². The molecule has 0 aliphatic carbocycles. The van der Waals surface area contributed by atoms with Gasteiger partial charge in [-0.15, -0.1) is 11.3 Å². The third-order valence-electron chi connectivity index (χ3n) is 9.87. The summed E-state index contributed by atoms with van der Waals surface area (Å²) in [6, 6.07) is 7.76. The molecule has 3 aliphatic heterocycles. The number of carbonyl (C=O) groups excluding carboxylic acids is 4. The first-order valence-electron chi connectivity index (χ1n) is 16.3. The van der Waals surface area contributed by atoms with E-state index in [1.165, 1.54) is 41.3 Å². The summed E-state index contributed by atoms with van der Waals surface area (Å²) in [5.74, 6) is -1.86. The minimum atomic E-state index is -5.79. The largest absolute Gasteiger partial charge is 0.399 e. The number of hydrogen-bond donors (Lipinski definition) is 3. The molecule has 4 atom stereocenters. The third kappa shape index (κ3) is 6.68. The fourth-order valence-corrected chi connectivity index (χ4v) is 8.60. The number of halogens is 3. The molecule has 1 aromatic heterocycles. The van der Waals surface area contributed by atoms with Crippen LogP contribution in [-0.2, 0) is 19.8 Å². The molecule has 11 nitrogen and oxygen atoms in total. The van der Waals surface area contributed by atoms with E-state index in [0.717, 1.165) is 23.5 Å². The lowest BCUT2D eigenvalue weighted by Crippen LogP contribution is -2.58. The first-order valence-corrected chi connectivity index (χ1v) is 18.7. The summed E-state index contributed by atoms with van der Waals surface area (Å²) >= 11 is 0.980. The van der Waals surface area contributed by atoms with Gasteiger partial charge in [-0.25, -0.2) is 4.39 Å². The molecule has 1 unspecified atom stereocenters. The van der Waals surface area contributed by atoms with Crippen LogP contribution in [0.3, 0.4) is 0 Å². The average molecular weight is 735 g/mol. The first kappa shape index (κ1) is 36.0. The maximum Gasteiger partial charge on any atom is 0.399 e. The molecule has 3 N–H and O–H groups in total. The number of carbonyl (C=O) groups is 4. The highest BCUT2D eigenvalue weighted by atomic mass is 32.1. The van der Waals surface area contributed by atoms with Gasteiger partial charge in [0.25, 0.3) is 11.8 Å². The summed E-state index contributed by atoms with van der Waals surface area (Å²) < 4.78 is 53.9. The van der Waals surface area contributed by atoms with Crippen molar-refractivity contribution in [2.45, 2.75) is 63.8 Å². The van der Waals surface area contributed by atoms with E-state index in [1.807, 2.05) is 0 Å². The Morgan fingerprint density at radius 3 is 2.32 bits per heavy atom. The minimum absolute atomic E-state index is 0.0796. The van der Waals surface area contributed by atoms with E-state index in [0.29, 0.717) is 55.7 Å². The Kier molecular flexibility index (Phi) is 9.42. The van der Waals surface area contributed by atoms with E-state index in [1.54, 1.807) is 30.6 Å². The Morgan fingerprint density at radius 1 is 0.960 bits per heavy atom. The number of rotatable bonds is 7. The first-order chi connectivity index (χ1) is 23.4. The maximum atomic E-state index is 14.3. The second-order valence-electron chi connectivity index (χ2n) is 14.3. The Bertz CT molecular complexity index is 1890. The van der Waals surface area contributed by atoms with Gasteiger partial charge < -0.3 is 29.8 Å². The molecule has 3 fully saturated rings. The predicted molar refractivity (Wildman–Crippen MR) is 179 cm³/mol. The van der Waals surface area contributed by atoms with E-state index in [-0.39, 0.29) is 34.0 Å². The van der Waals surface area contributed by atoms with Gasteiger partial charge >= 0.3 is 13.3 Å². The van der Waals surface area contributed by atoms with E-state index >= 15 is 0 Å². The van der Waals surface area contributed by atoms with Crippen LogP contribution in [-0.4, -0.2) is 92.4 Å². The molecule has 3 aromatic rings. The van der Waals surface area contributed by atoms with Crippen molar-refractivity contribution in [3.8, 4) is 0 Å². The van der Waals surface area contributed by atoms with Crippen molar-refractivity contribution in [3.05, 3.63) is 70.4 Å². The van der Waals surface area contributed by atoms with E-state index < -0.39 is 54.0 Å². The van der Waals surface area contributed by atoms with Gasteiger partial charge in [0.2, 0.25) is 11.8 Å². The maximum absolute atomic E-state index is 14.3. The average Bonchev–Trinajstić information content (AvgIpc) is 3.85. The second-order valence-corrected chi connectivity index (χ2v) is 17.0. The Morgan fingerprint density at radius 2 is 1.66 bits per heavy atom. The minimum Gasteiger partial charge on any atom is -0.339 e. The fourth-order valence-electron chi connectivity index (χ4n) is 7.18. The molecule has 0 radical (unpaired) electrons. The monoisotopic (exact) mass is 734 g/mol. The Hall–Kier alpha value is -3.78. The lowest BCUT2D eigenvalue weighted by Gasteiger charge is -2.37. The zero-order chi connectivity index (χ0) is 36.3. The lowest BCUT2D eigenvalue weighted by atomic mass is 9.85. The highest BCUT2D eigenvalue weighted by Crippen LogP contribution is 2.59. The van der Waals surface area contributed by atoms with Crippen LogP contribution >= 0.6 is 18.9 Å². The van der Waals surface area contributed by atoms with Gasteiger partial charge in [-0.05, 0) is 72.5 Å². The van der Waals surface area contributed by atoms with Crippen LogP contribution < -0.4 is 5.32 Å². The van der Waals surface area contributed by atoms with Crippen LogP contribution in [0.2, 0.25) is 0 Å². The molecular weight excluding hydrogens is 696 g/mol. The van der Waals surface area contributed by atoms with Gasteiger partial charge in [0, 0.05) is 47.9 Å². The van der Waals surface area contributed by atoms with Crippen LogP contribution in [0.1, 0.15) is 65.6 Å². The van der Waals surface area contributed by atoms with Gasteiger partial charge in [0.05, 0.1) is 10.9 Å². The molecule has 0 spiro atoms. The van der Waals surface area contributed by atoms with Crippen molar-refractivity contribution in [2.24, 2.45) is 11.3 Å². The molecule has 268 valence electrons. The quantitative estimate of drug-likeness (QED) is 0.296. The molecule has 3 aliphatic rings. The lowest BCUT2D eigenvalue weighted by molar-refractivity contribution is -0.146. The van der Waals surface area contributed by atoms with E-state index in [2.05, 4.69) is 5.32 Å². The summed E-state index contributed by atoms with van der Waals surface area (Å²) in [7, 11) is -5.79. The predicted octanol–water partition coefficient (Wildman–Crippen LogP) is 4.78. The molecule has 0 saturated carbocycles. The van der Waals surface area contributed by atoms with Gasteiger partial charge in [0.1, 0.15) is 17.9 Å². The van der Waals surface area contributed by atoms with Crippen molar-refractivity contribution in [3.63, 3.8) is 0 Å². The third-order valence-corrected chi connectivity index (χ3v) is 12.0. The summed E-state index contributed by atoms with van der Waals surface area (Å²) in [6.45, 7) is 6.96. The molecule has 4 amide bonds. The molecule has 0 bridgehead atoms. The molecule has 16 heteroatoms. The smallest absolute Gasteiger partial charge is 0.339 e. The molecule has 6 rings (SSSR count). The number of alkyl halides is 2. The fraction of sp³-hybridized carbons (Fsp3) is 0.471. The topological polar surface area (TPSA) is 148 Å². The summed E-state index contributed by atoms with van der Waals surface area (Å²) in [4.78, 5) is 78.2. The standard InChI is InChI=1S/C34H38F3N4O7PS/c1-33(2,3)28(38-29(42)27-16-21-15-22(8-11-26(21)50-27)34(36,37)49(46,47)48)32(45)40-13-4-5-24(40)31(44)41-14-12-20-17-39(18-25(20)41)30(43)19-6-9-23(35)10-7-19/h6-11,15-16,20,24-25,28H,4-5,12-14,17-18H2,1-3H3,(H,38,42)(H2,46,47,48)/t20-,24+,25+,28?/m1/s1. The van der Waals surface area contributed by atoms with Gasteiger partial charge in [-0.2, -0.15) is 8.78 Å². The van der Waals surface area contributed by atoms with Crippen LogP contribution in [0, 0.1) is 17.2 Å². The Labute approximate surface area is 290 Å². The highest BCUT2D eigenvalue weighted by Gasteiger charge is 2.51. The molecule has 50 heavy (non-hydrogen) atoms. The number of fused-ring (bicyclic) bond motifs is 2. The zero-order valence-electron chi connectivity index (χ0n) is 27.6. The molecular formula is C34H38F3N4O7PS. The van der Waals surface area contributed by atoms with Crippen molar-refractivity contribution >= 4 is 52.6 Å². The summed E-state index contributed by atoms with van der Waals surface area (Å²) in [5.41, 5.74) is -5.71. The van der Waals surface area contributed by atoms with Gasteiger partial charge in [0.15, 0.2) is 0 Å². The summed E-state index contributed by atoms with van der Waals surface area (Å²) in [5, 5.41) is 2.98. The SMILES string of the molecule is CC(C)(C)C(NC(=O)c1cc2cc(C(F)(F)P(=O)(O)O)ccc2s1)C(=O)N1CCC[C@H]1C(=O)N1CC[C@@H]2CN(C(=O)c3ccc(F)cc3)C[C@@H]21. The number of thiophene rings is 1. The normalized spacial score (nSPS) is 21.8. The van der Waals surface area contributed by atoms with Crippen molar-refractivity contribution < 1.29 is 46.7 Å². The van der Waals surface area contributed by atoms with E-state index in [9.17, 15) is 36.9 Å². The number of nitrogens with zero attached hydrogens (tertiary/aromatic N) is 3. The number of likely N-dealkylation sites (tertiary alicyclic amines) is 3. The zero-order valence-corrected chi connectivity index (χ0v) is 29.4. The number of nitrogens with one attached hydrogen (secondary N) is 1. The summed E-state index contributed by atoms with van der Waals surface area (Å²) in [6.07, 6.45) is 1.74. The molecule has 4 heterocycles. The number of amides is 4. The van der Waals surface area contributed by atoms with Crippen molar-refractivity contribution in [1.82, 2.24) is 20.0 Å². The number of hydrogen-bond acceptors (Lipinski definition) is 6. The molecule has 2 aromatic carbocycles. The van der Waals surface area contributed by atoms with Gasteiger partial charge in [-0.3, -0.25) is 23.7 Å². The van der Waals surface area contributed by atoms with Crippen LogP contribution in [0.15, 0.2) is 48.5 Å². The van der Waals surface area contributed by atoms with E-state index in [4.69, 9.17) is 9.79 Å². The van der Waals surface area contributed by atoms with Crippen LogP contribution in [0.4, 0.5) is 13.2 Å². The Balaban J connectivity index is 1.16. The van der Waals surface area contributed by atoms with Crippen molar-refractivity contribution in [2.75, 3.05) is 26.2 Å². The number of benzene rings is 2. The van der Waals surface area contributed by atoms with Crippen LogP contribution in [0.5, 0.6) is 0 Å². The second kappa shape index (κ2) is 13.1. The highest BCUT2D eigenvalue weighted by molar-refractivity contribution is 7.52.